The van der Waals surface area contributed by atoms with Gasteiger partial charge < -0.3 is 20.1 Å². The number of benzene rings is 2. The van der Waals surface area contributed by atoms with Gasteiger partial charge in [0.15, 0.2) is 0 Å². The van der Waals surface area contributed by atoms with E-state index >= 15 is 0 Å². The summed E-state index contributed by atoms with van der Waals surface area (Å²) in [5.41, 5.74) is 0.461. The number of halogens is 3. The molecule has 0 amide bonds. The number of ether oxygens (including phenoxy) is 1. The van der Waals surface area contributed by atoms with Crippen molar-refractivity contribution in [1.29, 1.82) is 5.26 Å². The molecule has 8 nitrogen and oxygen atoms in total. The van der Waals surface area contributed by atoms with Gasteiger partial charge in [-0.1, -0.05) is 17.9 Å². The Labute approximate surface area is 216 Å². The van der Waals surface area contributed by atoms with E-state index in [2.05, 4.69) is 28.2 Å². The number of aliphatic hydroxyl groups excluding tert-OH is 1. The Bertz CT molecular complexity index is 1580. The monoisotopic (exact) mass is 523 g/mol. The zero-order valence-corrected chi connectivity index (χ0v) is 20.5. The zero-order chi connectivity index (χ0) is 27.1. The Hall–Kier alpha value is -4.06. The van der Waals surface area contributed by atoms with Crippen LogP contribution in [0.5, 0.6) is 0 Å². The molecular formula is C27H24F3N5O3. The molecule has 196 valence electrons. The molecule has 2 N–H and O–H groups in total. The normalized spacial score (nSPS) is 16.2. The number of aliphatic hydroxyl groups is 1. The molecule has 1 aliphatic heterocycles. The Morgan fingerprint density at radius 3 is 2.74 bits per heavy atom. The van der Waals surface area contributed by atoms with E-state index in [4.69, 9.17) is 4.74 Å². The van der Waals surface area contributed by atoms with E-state index < -0.39 is 17.3 Å². The highest BCUT2D eigenvalue weighted by molar-refractivity contribution is 5.95. The highest BCUT2D eigenvalue weighted by Gasteiger charge is 2.62. The van der Waals surface area contributed by atoms with Crippen LogP contribution in [0.25, 0.3) is 10.9 Å². The van der Waals surface area contributed by atoms with E-state index in [9.17, 15) is 28.3 Å². The summed E-state index contributed by atoms with van der Waals surface area (Å²) in [5, 5.41) is 22.5. The first-order valence-corrected chi connectivity index (χ1v) is 12.1. The lowest BCUT2D eigenvalue weighted by Crippen LogP contribution is -2.28. The minimum absolute atomic E-state index is 0.0132. The quantitative estimate of drug-likeness (QED) is 0.504. The second kappa shape index (κ2) is 9.67. The number of nitrogens with one attached hydrogen (secondary N) is 1. The first-order valence-electron chi connectivity index (χ1n) is 12.1. The molecule has 0 atom stereocenters. The van der Waals surface area contributed by atoms with Crippen molar-refractivity contribution in [3.05, 3.63) is 57.5 Å². The van der Waals surface area contributed by atoms with E-state index in [-0.39, 0.29) is 39.2 Å². The lowest BCUT2D eigenvalue weighted by atomic mass is 10.0. The lowest BCUT2D eigenvalue weighted by Gasteiger charge is -2.25. The number of aromatic nitrogens is 2. The number of alkyl halides is 3. The molecular weight excluding hydrogens is 499 g/mol. The fourth-order valence-corrected chi connectivity index (χ4v) is 4.57. The van der Waals surface area contributed by atoms with Crippen molar-refractivity contribution in [3.8, 4) is 17.9 Å². The highest BCUT2D eigenvalue weighted by atomic mass is 19.4. The fraction of sp³-hybridized carbons (Fsp3) is 0.370. The smallest absolute Gasteiger partial charge is 0.395 e. The summed E-state index contributed by atoms with van der Waals surface area (Å²) in [7, 11) is 1.57. The number of hydrogen-bond acceptors (Lipinski definition) is 7. The van der Waals surface area contributed by atoms with Crippen LogP contribution in [-0.4, -0.2) is 47.1 Å². The van der Waals surface area contributed by atoms with E-state index in [0.717, 1.165) is 0 Å². The van der Waals surface area contributed by atoms with Crippen LogP contribution in [0, 0.1) is 28.6 Å². The van der Waals surface area contributed by atoms with Crippen molar-refractivity contribution in [3.63, 3.8) is 0 Å². The van der Waals surface area contributed by atoms with Gasteiger partial charge >= 0.3 is 11.9 Å². The van der Waals surface area contributed by atoms with Crippen molar-refractivity contribution in [2.24, 2.45) is 12.5 Å². The number of fused-ring (bicyclic) bond motifs is 2. The number of rotatable bonds is 4. The topological polar surface area (TPSA) is 103 Å². The van der Waals surface area contributed by atoms with Crippen molar-refractivity contribution in [1.82, 2.24) is 9.55 Å². The highest BCUT2D eigenvalue weighted by Crippen LogP contribution is 2.57. The maximum absolute atomic E-state index is 13.4. The van der Waals surface area contributed by atoms with Crippen molar-refractivity contribution >= 4 is 28.1 Å². The number of anilines is 3. The maximum Gasteiger partial charge on any atom is 0.405 e. The van der Waals surface area contributed by atoms with Crippen LogP contribution in [0.4, 0.5) is 30.4 Å². The molecule has 1 saturated carbocycles. The molecule has 0 saturated heterocycles. The molecule has 0 bridgehead atoms. The molecule has 1 fully saturated rings. The number of aryl methyl sites for hydroxylation is 1. The standard InChI is InChI=1S/C27H24F3N5O3/c1-34-23-14-21(32-9-11-36)18(15-31)13-19(23)24(33-25(34)37)35-10-12-38-16-20-17(3-2-4-22(20)35)5-6-26(7-8-26)27(28,29)30/h2-4,13-14,32,36H,7-12,16H2,1H3. The lowest BCUT2D eigenvalue weighted by molar-refractivity contribution is -0.168. The summed E-state index contributed by atoms with van der Waals surface area (Å²) in [6.07, 6.45) is -4.41. The van der Waals surface area contributed by atoms with Gasteiger partial charge in [-0.05, 0) is 37.1 Å². The molecule has 0 radical (unpaired) electrons. The van der Waals surface area contributed by atoms with Gasteiger partial charge in [0.05, 0.1) is 36.6 Å². The molecule has 38 heavy (non-hydrogen) atoms. The van der Waals surface area contributed by atoms with E-state index in [1.807, 2.05) is 0 Å². The summed E-state index contributed by atoms with van der Waals surface area (Å²) < 4.78 is 47.5. The van der Waals surface area contributed by atoms with Crippen LogP contribution >= 0.6 is 0 Å². The van der Waals surface area contributed by atoms with Crippen LogP contribution in [0.3, 0.4) is 0 Å². The summed E-state index contributed by atoms with van der Waals surface area (Å²) in [5.74, 6) is 5.51. The number of nitriles is 1. The van der Waals surface area contributed by atoms with Crippen LogP contribution < -0.4 is 15.9 Å². The molecule has 1 aromatic heterocycles. The molecule has 3 aromatic rings. The number of hydrogen-bond donors (Lipinski definition) is 2. The zero-order valence-electron chi connectivity index (χ0n) is 20.5. The largest absolute Gasteiger partial charge is 0.405 e. The minimum Gasteiger partial charge on any atom is -0.395 e. The van der Waals surface area contributed by atoms with Gasteiger partial charge in [-0.3, -0.25) is 4.57 Å². The average Bonchev–Trinajstić information content (AvgIpc) is 3.72. The molecule has 2 aliphatic rings. The fourth-order valence-electron chi connectivity index (χ4n) is 4.57. The predicted molar refractivity (Wildman–Crippen MR) is 135 cm³/mol. The summed E-state index contributed by atoms with van der Waals surface area (Å²) in [6.45, 7) is 0.814. The van der Waals surface area contributed by atoms with E-state index in [0.29, 0.717) is 51.3 Å². The van der Waals surface area contributed by atoms with Crippen LogP contribution in [0.1, 0.15) is 29.5 Å². The minimum atomic E-state index is -4.38. The Kier molecular flexibility index (Phi) is 6.51. The van der Waals surface area contributed by atoms with Crippen LogP contribution in [-0.2, 0) is 18.4 Å². The van der Waals surface area contributed by atoms with Gasteiger partial charge in [0.1, 0.15) is 17.3 Å². The van der Waals surface area contributed by atoms with Crippen LogP contribution in [0.15, 0.2) is 35.1 Å². The molecule has 1 aliphatic carbocycles. The SMILES string of the molecule is Cn1c(=O)nc(N2CCOCc3c(C#CC4(C(F)(F)F)CC4)cccc32)c2cc(C#N)c(NCCO)cc21. The van der Waals surface area contributed by atoms with Gasteiger partial charge in [0, 0.05) is 42.3 Å². The summed E-state index contributed by atoms with van der Waals surface area (Å²) >= 11 is 0. The van der Waals surface area contributed by atoms with Gasteiger partial charge in [0.25, 0.3) is 0 Å². The van der Waals surface area contributed by atoms with Crippen LogP contribution in [0.2, 0.25) is 0 Å². The average molecular weight is 524 g/mol. The first-order chi connectivity index (χ1) is 18.2. The Balaban J connectivity index is 1.67. The third-order valence-electron chi connectivity index (χ3n) is 6.91. The summed E-state index contributed by atoms with van der Waals surface area (Å²) in [6, 6.07) is 10.6. The third-order valence-corrected chi connectivity index (χ3v) is 6.91. The molecule has 2 aromatic carbocycles. The summed E-state index contributed by atoms with van der Waals surface area (Å²) in [4.78, 5) is 19.0. The molecule has 2 heterocycles. The van der Waals surface area contributed by atoms with E-state index in [1.165, 1.54) is 4.57 Å². The second-order valence-electron chi connectivity index (χ2n) is 9.29. The molecule has 5 rings (SSSR count). The second-order valence-corrected chi connectivity index (χ2v) is 9.29. The Morgan fingerprint density at radius 2 is 2.05 bits per heavy atom. The first kappa shape index (κ1) is 25.6. The third kappa shape index (κ3) is 4.44. The molecule has 11 heteroatoms. The molecule has 0 unspecified atom stereocenters. The van der Waals surface area contributed by atoms with Gasteiger partial charge in [-0.2, -0.15) is 23.4 Å². The van der Waals surface area contributed by atoms with Crippen molar-refractivity contribution in [2.75, 3.05) is 36.5 Å². The number of nitrogens with zero attached hydrogens (tertiary/aromatic N) is 4. The Morgan fingerprint density at radius 1 is 1.26 bits per heavy atom. The maximum atomic E-state index is 13.4. The van der Waals surface area contributed by atoms with Crippen molar-refractivity contribution in [2.45, 2.75) is 25.6 Å². The predicted octanol–water partition coefficient (Wildman–Crippen LogP) is 3.57. The molecule has 0 spiro atoms. The van der Waals surface area contributed by atoms with E-state index in [1.54, 1.807) is 42.3 Å². The van der Waals surface area contributed by atoms with Gasteiger partial charge in [-0.15, -0.1) is 0 Å². The van der Waals surface area contributed by atoms with Gasteiger partial charge in [-0.25, -0.2) is 4.79 Å². The van der Waals surface area contributed by atoms with Gasteiger partial charge in [0.2, 0.25) is 0 Å². The van der Waals surface area contributed by atoms with Crippen molar-refractivity contribution < 1.29 is 23.0 Å².